The van der Waals surface area contributed by atoms with Crippen molar-refractivity contribution in [1.82, 2.24) is 10.5 Å². The fourth-order valence-electron chi connectivity index (χ4n) is 4.21. The van der Waals surface area contributed by atoms with Crippen LogP contribution in [0.1, 0.15) is 43.1 Å². The Morgan fingerprint density at radius 3 is 3.05 bits per heavy atom. The second kappa shape index (κ2) is 5.54. The Kier molecular flexibility index (Phi) is 3.53. The van der Waals surface area contributed by atoms with Crippen LogP contribution in [0, 0.1) is 17.8 Å². The first-order valence-corrected chi connectivity index (χ1v) is 8.90. The Labute approximate surface area is 133 Å². The Balaban J connectivity index is 1.42. The molecular formula is C17H20N2O2S. The van der Waals surface area contributed by atoms with E-state index in [0.717, 1.165) is 16.7 Å². The van der Waals surface area contributed by atoms with Crippen molar-refractivity contribution in [3.63, 3.8) is 0 Å². The molecule has 0 aliphatic heterocycles. The van der Waals surface area contributed by atoms with Gasteiger partial charge in [0.2, 0.25) is 0 Å². The van der Waals surface area contributed by atoms with E-state index in [-0.39, 0.29) is 11.9 Å². The van der Waals surface area contributed by atoms with Crippen LogP contribution in [0.5, 0.6) is 0 Å². The average Bonchev–Trinajstić information content (AvgIpc) is 3.29. The summed E-state index contributed by atoms with van der Waals surface area (Å²) in [5, 5.41) is 9.02. The molecule has 22 heavy (non-hydrogen) atoms. The third-order valence-electron chi connectivity index (χ3n) is 5.30. The molecule has 1 amide bonds. The standard InChI is InChI=1S/C17H20N2O2S/c1-10(13-8-11-4-5-12(13)7-11)18-17(20)14-9-15(21-19-14)16-3-2-6-22-16/h2-3,6,9-13H,4-5,7-8H2,1H3,(H,18,20)/t10-,11+,12+,13+/m1/s1. The van der Waals surface area contributed by atoms with E-state index < -0.39 is 0 Å². The fraction of sp³-hybridized carbons (Fsp3) is 0.529. The lowest BCUT2D eigenvalue weighted by atomic mass is 9.84. The topological polar surface area (TPSA) is 55.1 Å². The van der Waals surface area contributed by atoms with Gasteiger partial charge in [0.15, 0.2) is 11.5 Å². The molecule has 2 fully saturated rings. The van der Waals surface area contributed by atoms with Crippen LogP contribution in [0.3, 0.4) is 0 Å². The first-order chi connectivity index (χ1) is 10.7. The van der Waals surface area contributed by atoms with Crippen LogP contribution in [-0.2, 0) is 0 Å². The first-order valence-electron chi connectivity index (χ1n) is 8.02. The summed E-state index contributed by atoms with van der Waals surface area (Å²) < 4.78 is 5.29. The molecule has 5 heteroatoms. The maximum atomic E-state index is 12.4. The van der Waals surface area contributed by atoms with Crippen molar-refractivity contribution < 1.29 is 9.32 Å². The molecule has 2 aliphatic rings. The average molecular weight is 316 g/mol. The van der Waals surface area contributed by atoms with E-state index in [2.05, 4.69) is 17.4 Å². The van der Waals surface area contributed by atoms with Gasteiger partial charge < -0.3 is 9.84 Å². The molecule has 4 atom stereocenters. The van der Waals surface area contributed by atoms with Crippen LogP contribution in [0.25, 0.3) is 10.6 Å². The largest absolute Gasteiger partial charge is 0.355 e. The Bertz CT molecular complexity index is 664. The molecule has 0 saturated heterocycles. The van der Waals surface area contributed by atoms with E-state index in [0.29, 0.717) is 17.4 Å². The lowest BCUT2D eigenvalue weighted by Gasteiger charge is -2.28. The van der Waals surface area contributed by atoms with Gasteiger partial charge in [0.25, 0.3) is 5.91 Å². The molecule has 2 bridgehead atoms. The van der Waals surface area contributed by atoms with Gasteiger partial charge in [-0.2, -0.15) is 0 Å². The summed E-state index contributed by atoms with van der Waals surface area (Å²) in [6.07, 6.45) is 5.35. The first kappa shape index (κ1) is 14.0. The van der Waals surface area contributed by atoms with Crippen LogP contribution in [0.15, 0.2) is 28.1 Å². The quantitative estimate of drug-likeness (QED) is 0.929. The fourth-order valence-corrected chi connectivity index (χ4v) is 4.88. The molecule has 0 unspecified atom stereocenters. The summed E-state index contributed by atoms with van der Waals surface area (Å²) in [5.41, 5.74) is 0.374. The highest BCUT2D eigenvalue weighted by atomic mass is 32.1. The molecule has 2 aromatic heterocycles. The molecule has 0 aromatic carbocycles. The van der Waals surface area contributed by atoms with Crippen molar-refractivity contribution in [3.8, 4) is 10.6 Å². The number of aromatic nitrogens is 1. The lowest BCUT2D eigenvalue weighted by Crippen LogP contribution is -2.40. The molecule has 2 aliphatic carbocycles. The van der Waals surface area contributed by atoms with Gasteiger partial charge >= 0.3 is 0 Å². The minimum Gasteiger partial charge on any atom is -0.355 e. The zero-order valence-electron chi connectivity index (χ0n) is 12.6. The summed E-state index contributed by atoms with van der Waals surface area (Å²) >= 11 is 1.58. The highest BCUT2D eigenvalue weighted by Gasteiger charge is 2.42. The summed E-state index contributed by atoms with van der Waals surface area (Å²) in [6.45, 7) is 2.13. The summed E-state index contributed by atoms with van der Waals surface area (Å²) in [6, 6.07) is 5.86. The van der Waals surface area contributed by atoms with E-state index in [9.17, 15) is 4.79 Å². The van der Waals surface area contributed by atoms with E-state index >= 15 is 0 Å². The van der Waals surface area contributed by atoms with Gasteiger partial charge in [-0.25, -0.2) is 0 Å². The number of nitrogens with one attached hydrogen (secondary N) is 1. The monoisotopic (exact) mass is 316 g/mol. The highest BCUT2D eigenvalue weighted by Crippen LogP contribution is 2.49. The molecular weight excluding hydrogens is 296 g/mol. The van der Waals surface area contributed by atoms with Gasteiger partial charge in [0.1, 0.15) is 0 Å². The molecule has 0 radical (unpaired) electrons. The molecule has 2 heterocycles. The summed E-state index contributed by atoms with van der Waals surface area (Å²) in [4.78, 5) is 13.4. The third-order valence-corrected chi connectivity index (χ3v) is 6.19. The molecule has 4 rings (SSSR count). The van der Waals surface area contributed by atoms with E-state index in [1.165, 1.54) is 25.7 Å². The smallest absolute Gasteiger partial charge is 0.273 e. The van der Waals surface area contributed by atoms with E-state index in [1.54, 1.807) is 17.4 Å². The number of carbonyl (C=O) groups is 1. The van der Waals surface area contributed by atoms with Crippen LogP contribution in [0.4, 0.5) is 0 Å². The number of carbonyl (C=O) groups excluding carboxylic acids is 1. The predicted octanol–water partition coefficient (Wildman–Crippen LogP) is 3.96. The second-order valence-corrected chi connectivity index (χ2v) is 7.60. The number of nitrogens with zero attached hydrogens (tertiary/aromatic N) is 1. The van der Waals surface area contributed by atoms with Crippen molar-refractivity contribution in [2.45, 2.75) is 38.6 Å². The number of rotatable bonds is 4. The van der Waals surface area contributed by atoms with Crippen molar-refractivity contribution in [1.29, 1.82) is 0 Å². The molecule has 2 aromatic rings. The van der Waals surface area contributed by atoms with Crippen LogP contribution in [0.2, 0.25) is 0 Å². The minimum atomic E-state index is -0.123. The SMILES string of the molecule is C[C@@H](NC(=O)c1cc(-c2cccs2)on1)[C@@H]1C[C@H]2CC[C@H]1C2. The van der Waals surface area contributed by atoms with Crippen molar-refractivity contribution >= 4 is 17.2 Å². The van der Waals surface area contributed by atoms with E-state index in [4.69, 9.17) is 4.52 Å². The Hall–Kier alpha value is -1.62. The van der Waals surface area contributed by atoms with Gasteiger partial charge in [0, 0.05) is 12.1 Å². The van der Waals surface area contributed by atoms with Gasteiger partial charge in [-0.1, -0.05) is 17.6 Å². The second-order valence-electron chi connectivity index (χ2n) is 6.65. The maximum Gasteiger partial charge on any atom is 0.273 e. The zero-order chi connectivity index (χ0) is 15.1. The predicted molar refractivity (Wildman–Crippen MR) is 85.7 cm³/mol. The highest BCUT2D eigenvalue weighted by molar-refractivity contribution is 7.13. The van der Waals surface area contributed by atoms with Gasteiger partial charge in [0.05, 0.1) is 4.88 Å². The minimum absolute atomic E-state index is 0.123. The van der Waals surface area contributed by atoms with Crippen LogP contribution in [-0.4, -0.2) is 17.1 Å². The van der Waals surface area contributed by atoms with Crippen molar-refractivity contribution in [2.75, 3.05) is 0 Å². The van der Waals surface area contributed by atoms with Gasteiger partial charge in [-0.3, -0.25) is 4.79 Å². The van der Waals surface area contributed by atoms with Crippen molar-refractivity contribution in [2.24, 2.45) is 17.8 Å². The number of hydrogen-bond donors (Lipinski definition) is 1. The zero-order valence-corrected chi connectivity index (χ0v) is 13.4. The van der Waals surface area contributed by atoms with Gasteiger partial charge in [-0.05, 0) is 55.4 Å². The lowest BCUT2D eigenvalue weighted by molar-refractivity contribution is 0.0906. The molecule has 1 N–H and O–H groups in total. The molecule has 2 saturated carbocycles. The van der Waals surface area contributed by atoms with Crippen LogP contribution < -0.4 is 5.32 Å². The third kappa shape index (κ3) is 2.47. The summed E-state index contributed by atoms with van der Waals surface area (Å²) in [7, 11) is 0. The number of thiophene rings is 1. The molecule has 116 valence electrons. The number of fused-ring (bicyclic) bond motifs is 2. The summed E-state index contributed by atoms with van der Waals surface area (Å²) in [5.74, 6) is 2.87. The molecule has 0 spiro atoms. The van der Waals surface area contributed by atoms with E-state index in [1.807, 2.05) is 17.5 Å². The molecule has 4 nitrogen and oxygen atoms in total. The maximum absolute atomic E-state index is 12.4. The number of hydrogen-bond acceptors (Lipinski definition) is 4. The normalized spacial score (nSPS) is 28.0. The Morgan fingerprint density at radius 1 is 1.45 bits per heavy atom. The van der Waals surface area contributed by atoms with Crippen molar-refractivity contribution in [3.05, 3.63) is 29.3 Å². The van der Waals surface area contributed by atoms with Crippen LogP contribution >= 0.6 is 11.3 Å². The Morgan fingerprint density at radius 2 is 2.36 bits per heavy atom. The number of amides is 1. The van der Waals surface area contributed by atoms with Gasteiger partial charge in [-0.15, -0.1) is 11.3 Å².